The van der Waals surface area contributed by atoms with Crippen LogP contribution < -0.4 is 10.1 Å². The Morgan fingerprint density at radius 1 is 1.21 bits per heavy atom. The molecule has 2 aromatic carbocycles. The fourth-order valence-electron chi connectivity index (χ4n) is 3.46. The van der Waals surface area contributed by atoms with E-state index in [9.17, 15) is 9.59 Å². The van der Waals surface area contributed by atoms with Crippen molar-refractivity contribution in [2.24, 2.45) is 4.99 Å². The highest BCUT2D eigenvalue weighted by atomic mass is 32.2. The number of anilines is 1. The van der Waals surface area contributed by atoms with E-state index in [1.807, 2.05) is 51.1 Å². The lowest BCUT2D eigenvalue weighted by Crippen LogP contribution is -2.34. The van der Waals surface area contributed by atoms with Crippen LogP contribution in [0.25, 0.3) is 0 Å². The number of rotatable bonds is 10. The van der Waals surface area contributed by atoms with Crippen molar-refractivity contribution < 1.29 is 19.1 Å². The Kier molecular flexibility index (Phi) is 8.91. The van der Waals surface area contributed by atoms with Gasteiger partial charge in [0.2, 0.25) is 11.8 Å². The van der Waals surface area contributed by atoms with Gasteiger partial charge >= 0.3 is 0 Å². The molecule has 2 aromatic rings. The number of aliphatic imine (C=N–C) groups is 1. The van der Waals surface area contributed by atoms with E-state index in [-0.39, 0.29) is 18.2 Å². The Morgan fingerprint density at radius 3 is 2.76 bits per heavy atom. The number of benzene rings is 2. The van der Waals surface area contributed by atoms with E-state index in [1.165, 1.54) is 11.8 Å². The first-order valence-corrected chi connectivity index (χ1v) is 12.0. The zero-order valence-electron chi connectivity index (χ0n) is 19.6. The summed E-state index contributed by atoms with van der Waals surface area (Å²) in [6.07, 6.45) is 0.751. The fraction of sp³-hybridized carbons (Fsp3) is 0.400. The minimum Gasteiger partial charge on any atom is -0.495 e. The molecule has 0 aliphatic carbocycles. The zero-order chi connectivity index (χ0) is 23.8. The van der Waals surface area contributed by atoms with Gasteiger partial charge in [0.25, 0.3) is 0 Å². The molecule has 3 rings (SSSR count). The van der Waals surface area contributed by atoms with Gasteiger partial charge in [-0.3, -0.25) is 14.5 Å². The predicted molar refractivity (Wildman–Crippen MR) is 133 cm³/mol. The number of carbonyl (C=O) groups excluding carboxylic acids is 2. The van der Waals surface area contributed by atoms with E-state index in [2.05, 4.69) is 5.32 Å². The number of hydrogen-bond acceptors (Lipinski definition) is 6. The number of ether oxygens (including phenoxy) is 2. The van der Waals surface area contributed by atoms with Crippen molar-refractivity contribution in [1.82, 2.24) is 4.90 Å². The number of nitrogens with zero attached hydrogens (tertiary/aromatic N) is 2. The van der Waals surface area contributed by atoms with Crippen LogP contribution in [0.1, 0.15) is 30.9 Å². The molecule has 1 fully saturated rings. The first kappa shape index (κ1) is 24.8. The molecule has 1 aliphatic rings. The Hall–Kier alpha value is -2.84. The van der Waals surface area contributed by atoms with Crippen molar-refractivity contribution in [3.63, 3.8) is 0 Å². The maximum Gasteiger partial charge on any atom is 0.242 e. The first-order valence-electron chi connectivity index (χ1n) is 11.1. The summed E-state index contributed by atoms with van der Waals surface area (Å²) in [5.41, 5.74) is 3.55. The average Bonchev–Trinajstić information content (AvgIpc) is 3.08. The lowest BCUT2D eigenvalue weighted by atomic mass is 10.1. The molecule has 1 N–H and O–H groups in total. The third-order valence-corrected chi connectivity index (χ3v) is 6.40. The van der Waals surface area contributed by atoms with Crippen LogP contribution in [0.4, 0.5) is 11.4 Å². The molecule has 0 spiro atoms. The lowest BCUT2D eigenvalue weighted by Gasteiger charge is -2.17. The molecule has 0 bridgehead atoms. The van der Waals surface area contributed by atoms with Crippen LogP contribution in [0.15, 0.2) is 47.5 Å². The van der Waals surface area contributed by atoms with Gasteiger partial charge in [-0.05, 0) is 56.5 Å². The smallest absolute Gasteiger partial charge is 0.242 e. The minimum atomic E-state index is -0.532. The summed E-state index contributed by atoms with van der Waals surface area (Å²) in [4.78, 5) is 32.4. The normalized spacial score (nSPS) is 17.0. The fourth-order valence-corrected chi connectivity index (χ4v) is 4.64. The molecule has 1 heterocycles. The van der Waals surface area contributed by atoms with Gasteiger partial charge in [-0.25, -0.2) is 4.99 Å². The molecule has 2 amide bonds. The maximum atomic E-state index is 13.2. The number of aryl methyl sites for hydroxylation is 2. The van der Waals surface area contributed by atoms with Gasteiger partial charge in [-0.1, -0.05) is 36.0 Å². The van der Waals surface area contributed by atoms with Crippen LogP contribution in [-0.2, 0) is 14.3 Å². The second kappa shape index (κ2) is 11.9. The third-order valence-electron chi connectivity index (χ3n) is 5.23. The Balaban J connectivity index is 1.77. The van der Waals surface area contributed by atoms with Gasteiger partial charge in [0.05, 0.1) is 18.5 Å². The molecule has 0 radical (unpaired) electrons. The maximum absolute atomic E-state index is 13.2. The Labute approximate surface area is 199 Å². The van der Waals surface area contributed by atoms with Crippen LogP contribution in [0.5, 0.6) is 5.75 Å². The molecule has 8 heteroatoms. The number of amides is 2. The van der Waals surface area contributed by atoms with Crippen molar-refractivity contribution in [3.05, 3.63) is 53.6 Å². The molecule has 7 nitrogen and oxygen atoms in total. The van der Waals surface area contributed by atoms with E-state index < -0.39 is 5.25 Å². The number of hydrogen-bond donors (Lipinski definition) is 1. The van der Waals surface area contributed by atoms with Crippen LogP contribution in [0.2, 0.25) is 0 Å². The van der Waals surface area contributed by atoms with Crippen LogP contribution in [0.3, 0.4) is 0 Å². The largest absolute Gasteiger partial charge is 0.495 e. The molecular formula is C25H31N3O4S. The predicted octanol–water partition coefficient (Wildman–Crippen LogP) is 4.70. The molecule has 1 aliphatic heterocycles. The van der Waals surface area contributed by atoms with Crippen LogP contribution in [-0.4, -0.2) is 54.0 Å². The van der Waals surface area contributed by atoms with Gasteiger partial charge < -0.3 is 14.8 Å². The van der Waals surface area contributed by atoms with Crippen molar-refractivity contribution in [2.45, 2.75) is 38.9 Å². The van der Waals surface area contributed by atoms with Gasteiger partial charge in [0, 0.05) is 26.2 Å². The van der Waals surface area contributed by atoms with E-state index in [0.717, 1.165) is 16.8 Å². The number of thioether (sulfide) groups is 1. The zero-order valence-corrected chi connectivity index (χ0v) is 20.4. The van der Waals surface area contributed by atoms with E-state index in [4.69, 9.17) is 14.5 Å². The third kappa shape index (κ3) is 6.58. The summed E-state index contributed by atoms with van der Waals surface area (Å²) in [6, 6.07) is 13.3. The topological polar surface area (TPSA) is 80.2 Å². The van der Waals surface area contributed by atoms with Gasteiger partial charge in [-0.15, -0.1) is 0 Å². The first-order chi connectivity index (χ1) is 15.9. The lowest BCUT2D eigenvalue weighted by molar-refractivity contribution is -0.128. The SMILES string of the molecule is CCOCCCN1C(=O)C(CC(=O)Nc2ccccc2OC)SC1=Nc1cc(C)ccc1C. The summed E-state index contributed by atoms with van der Waals surface area (Å²) in [5.74, 6) is 0.231. The van der Waals surface area contributed by atoms with Crippen molar-refractivity contribution >= 4 is 40.1 Å². The Bertz CT molecular complexity index is 1020. The summed E-state index contributed by atoms with van der Waals surface area (Å²) in [5, 5.41) is 2.95. The monoisotopic (exact) mass is 469 g/mol. The highest BCUT2D eigenvalue weighted by Gasteiger charge is 2.39. The van der Waals surface area contributed by atoms with Crippen LogP contribution >= 0.6 is 11.8 Å². The number of methoxy groups -OCH3 is 1. The molecule has 1 atom stereocenters. The molecule has 0 aromatic heterocycles. The Morgan fingerprint density at radius 2 is 2.00 bits per heavy atom. The average molecular weight is 470 g/mol. The van der Waals surface area contributed by atoms with Crippen molar-refractivity contribution in [3.8, 4) is 5.75 Å². The summed E-state index contributed by atoms with van der Waals surface area (Å²) in [6.45, 7) is 7.66. The molecule has 176 valence electrons. The number of carbonyl (C=O) groups is 2. The summed E-state index contributed by atoms with van der Waals surface area (Å²) >= 11 is 1.34. The van der Waals surface area contributed by atoms with E-state index in [0.29, 0.717) is 42.8 Å². The van der Waals surface area contributed by atoms with Crippen molar-refractivity contribution in [2.75, 3.05) is 32.2 Å². The molecule has 1 unspecified atom stereocenters. The summed E-state index contributed by atoms with van der Waals surface area (Å²) in [7, 11) is 1.55. The van der Waals surface area contributed by atoms with E-state index >= 15 is 0 Å². The second-order valence-corrected chi connectivity index (χ2v) is 8.95. The van der Waals surface area contributed by atoms with Gasteiger partial charge in [0.1, 0.15) is 11.0 Å². The number of amidine groups is 1. The molecule has 1 saturated heterocycles. The van der Waals surface area contributed by atoms with Gasteiger partial charge in [-0.2, -0.15) is 0 Å². The number of para-hydroxylation sites is 2. The van der Waals surface area contributed by atoms with Gasteiger partial charge in [0.15, 0.2) is 5.17 Å². The van der Waals surface area contributed by atoms with E-state index in [1.54, 1.807) is 24.1 Å². The number of nitrogens with one attached hydrogen (secondary N) is 1. The highest BCUT2D eigenvalue weighted by Crippen LogP contribution is 2.33. The highest BCUT2D eigenvalue weighted by molar-refractivity contribution is 8.15. The minimum absolute atomic E-state index is 0.0509. The standard InChI is InChI=1S/C25H31N3O4S/c1-5-32-14-8-13-28-24(30)22(16-23(29)26-19-9-6-7-10-21(19)31-4)33-25(28)27-20-15-17(2)11-12-18(20)3/h6-7,9-12,15,22H,5,8,13-14,16H2,1-4H3,(H,26,29). The summed E-state index contributed by atoms with van der Waals surface area (Å²) < 4.78 is 10.7. The van der Waals surface area contributed by atoms with Crippen molar-refractivity contribution in [1.29, 1.82) is 0 Å². The quantitative estimate of drug-likeness (QED) is 0.510. The van der Waals surface area contributed by atoms with Crippen LogP contribution in [0, 0.1) is 13.8 Å². The molecule has 0 saturated carbocycles. The second-order valence-electron chi connectivity index (χ2n) is 7.78. The molecule has 33 heavy (non-hydrogen) atoms. The molecular weight excluding hydrogens is 438 g/mol.